The van der Waals surface area contributed by atoms with Crippen LogP contribution in [0.5, 0.6) is 0 Å². The van der Waals surface area contributed by atoms with E-state index in [4.69, 9.17) is 4.74 Å². The maximum Gasteiger partial charge on any atom is 0.330 e. The third-order valence-electron chi connectivity index (χ3n) is 4.68. The zero-order chi connectivity index (χ0) is 17.6. The summed E-state index contributed by atoms with van der Waals surface area (Å²) in [6, 6.07) is 9.34. The highest BCUT2D eigenvalue weighted by molar-refractivity contribution is 5.81. The van der Waals surface area contributed by atoms with E-state index in [2.05, 4.69) is 50.4 Å². The van der Waals surface area contributed by atoms with Crippen molar-refractivity contribution in [3.63, 3.8) is 0 Å². The second-order valence-electron chi connectivity index (χ2n) is 7.69. The summed E-state index contributed by atoms with van der Waals surface area (Å²) in [7, 11) is 0. The zero-order valence-electron chi connectivity index (χ0n) is 15.5. The Morgan fingerprint density at radius 3 is 2.33 bits per heavy atom. The standard InChI is InChI=1S/C21H31NO2/c1-5-24-20(23)15-8-16-6-11-18(12-7-16)22-19-13-9-17(10-14-19)21(2,3)4/h8-10,13-16,18,22H,5-7,11-12H2,1-4H3/b15-8+. The van der Waals surface area contributed by atoms with Gasteiger partial charge in [-0.1, -0.05) is 39.0 Å². The number of carbonyl (C=O) groups is 1. The van der Waals surface area contributed by atoms with Gasteiger partial charge in [0.15, 0.2) is 0 Å². The Morgan fingerprint density at radius 1 is 1.17 bits per heavy atom. The maximum atomic E-state index is 11.4. The van der Waals surface area contributed by atoms with E-state index in [1.54, 1.807) is 6.08 Å². The van der Waals surface area contributed by atoms with E-state index in [-0.39, 0.29) is 11.4 Å². The molecule has 0 amide bonds. The smallest absolute Gasteiger partial charge is 0.330 e. The summed E-state index contributed by atoms with van der Waals surface area (Å²) in [5.41, 5.74) is 2.76. The van der Waals surface area contributed by atoms with Crippen LogP contribution < -0.4 is 5.32 Å². The van der Waals surface area contributed by atoms with E-state index >= 15 is 0 Å². The number of hydrogen-bond acceptors (Lipinski definition) is 3. The normalized spacial score (nSPS) is 21.7. The Bertz CT molecular complexity index is 546. The molecule has 0 unspecified atom stereocenters. The van der Waals surface area contributed by atoms with Crippen molar-refractivity contribution in [1.29, 1.82) is 0 Å². The summed E-state index contributed by atoms with van der Waals surface area (Å²) >= 11 is 0. The highest BCUT2D eigenvalue weighted by atomic mass is 16.5. The molecule has 24 heavy (non-hydrogen) atoms. The highest BCUT2D eigenvalue weighted by Crippen LogP contribution is 2.28. The van der Waals surface area contributed by atoms with Crippen molar-refractivity contribution >= 4 is 11.7 Å². The quantitative estimate of drug-likeness (QED) is 0.605. The van der Waals surface area contributed by atoms with Gasteiger partial charge in [-0.15, -0.1) is 0 Å². The van der Waals surface area contributed by atoms with E-state index in [0.717, 1.165) is 25.7 Å². The van der Waals surface area contributed by atoms with E-state index in [1.165, 1.54) is 11.3 Å². The molecule has 2 rings (SSSR count). The van der Waals surface area contributed by atoms with Crippen molar-refractivity contribution in [2.75, 3.05) is 11.9 Å². The molecule has 0 spiro atoms. The average Bonchev–Trinajstić information content (AvgIpc) is 2.54. The number of rotatable bonds is 5. The lowest BCUT2D eigenvalue weighted by Crippen LogP contribution is -2.25. The van der Waals surface area contributed by atoms with Crippen LogP contribution in [0.3, 0.4) is 0 Å². The molecule has 1 saturated carbocycles. The van der Waals surface area contributed by atoms with Gasteiger partial charge in [0.1, 0.15) is 0 Å². The van der Waals surface area contributed by atoms with Crippen LogP contribution in [-0.2, 0) is 14.9 Å². The lowest BCUT2D eigenvalue weighted by atomic mass is 9.85. The minimum Gasteiger partial charge on any atom is -0.463 e. The zero-order valence-corrected chi connectivity index (χ0v) is 15.5. The van der Waals surface area contributed by atoms with E-state index < -0.39 is 0 Å². The summed E-state index contributed by atoms with van der Waals surface area (Å²) in [5.74, 6) is 0.271. The Hall–Kier alpha value is -1.77. The van der Waals surface area contributed by atoms with Gasteiger partial charge in [-0.25, -0.2) is 4.79 Å². The fraction of sp³-hybridized carbons (Fsp3) is 0.571. The molecule has 1 aliphatic rings. The van der Waals surface area contributed by atoms with Gasteiger partial charge in [-0.05, 0) is 61.6 Å². The lowest BCUT2D eigenvalue weighted by Gasteiger charge is -2.28. The van der Waals surface area contributed by atoms with Gasteiger partial charge >= 0.3 is 5.97 Å². The monoisotopic (exact) mass is 329 g/mol. The molecule has 0 radical (unpaired) electrons. The van der Waals surface area contributed by atoms with Gasteiger partial charge in [0.25, 0.3) is 0 Å². The van der Waals surface area contributed by atoms with E-state index in [1.807, 2.05) is 13.0 Å². The first-order valence-corrected chi connectivity index (χ1v) is 9.10. The van der Waals surface area contributed by atoms with Gasteiger partial charge < -0.3 is 10.1 Å². The van der Waals surface area contributed by atoms with Crippen LogP contribution in [0, 0.1) is 5.92 Å². The minimum atomic E-state index is -0.225. The molecule has 3 heteroatoms. The molecule has 0 aromatic heterocycles. The number of hydrogen-bond donors (Lipinski definition) is 1. The summed E-state index contributed by atoms with van der Waals surface area (Å²) in [6.45, 7) is 8.98. The number of esters is 1. The number of anilines is 1. The van der Waals surface area contributed by atoms with Crippen molar-refractivity contribution in [2.24, 2.45) is 5.92 Å². The topological polar surface area (TPSA) is 38.3 Å². The molecule has 0 saturated heterocycles. The average molecular weight is 329 g/mol. The number of benzene rings is 1. The molecular weight excluding hydrogens is 298 g/mol. The Kier molecular flexibility index (Phi) is 6.47. The molecule has 0 heterocycles. The van der Waals surface area contributed by atoms with Gasteiger partial charge in [0, 0.05) is 17.8 Å². The maximum absolute atomic E-state index is 11.4. The van der Waals surface area contributed by atoms with E-state index in [9.17, 15) is 4.79 Å². The molecule has 1 aromatic carbocycles. The molecule has 1 aliphatic carbocycles. The molecule has 1 N–H and O–H groups in total. The van der Waals surface area contributed by atoms with Gasteiger partial charge in [0.05, 0.1) is 6.61 Å². The van der Waals surface area contributed by atoms with Gasteiger partial charge in [-0.3, -0.25) is 0 Å². The summed E-state index contributed by atoms with van der Waals surface area (Å²) in [5, 5.41) is 3.65. The first-order chi connectivity index (χ1) is 11.4. The lowest BCUT2D eigenvalue weighted by molar-refractivity contribution is -0.137. The van der Waals surface area contributed by atoms with Gasteiger partial charge in [0.2, 0.25) is 0 Å². The van der Waals surface area contributed by atoms with Crippen LogP contribution in [0.25, 0.3) is 0 Å². The molecule has 0 aliphatic heterocycles. The van der Waals surface area contributed by atoms with Crippen molar-refractivity contribution in [3.05, 3.63) is 42.0 Å². The van der Waals surface area contributed by atoms with Crippen LogP contribution in [0.15, 0.2) is 36.4 Å². The number of nitrogens with one attached hydrogen (secondary N) is 1. The number of carbonyl (C=O) groups excluding carboxylic acids is 1. The fourth-order valence-electron chi connectivity index (χ4n) is 3.16. The number of ether oxygens (including phenoxy) is 1. The van der Waals surface area contributed by atoms with Crippen LogP contribution in [0.2, 0.25) is 0 Å². The highest BCUT2D eigenvalue weighted by Gasteiger charge is 2.20. The van der Waals surface area contributed by atoms with Crippen molar-refractivity contribution in [2.45, 2.75) is 64.8 Å². The fourth-order valence-corrected chi connectivity index (χ4v) is 3.16. The first kappa shape index (κ1) is 18.6. The van der Waals surface area contributed by atoms with E-state index in [0.29, 0.717) is 18.6 Å². The summed E-state index contributed by atoms with van der Waals surface area (Å²) < 4.78 is 4.93. The van der Waals surface area contributed by atoms with Crippen LogP contribution in [-0.4, -0.2) is 18.6 Å². The summed E-state index contributed by atoms with van der Waals surface area (Å²) in [6.07, 6.45) is 8.12. The Balaban J connectivity index is 1.80. The Morgan fingerprint density at radius 2 is 1.79 bits per heavy atom. The second-order valence-corrected chi connectivity index (χ2v) is 7.69. The minimum absolute atomic E-state index is 0.196. The first-order valence-electron chi connectivity index (χ1n) is 9.10. The third kappa shape index (κ3) is 5.70. The van der Waals surface area contributed by atoms with Crippen molar-refractivity contribution in [3.8, 4) is 0 Å². The predicted octanol–water partition coefficient (Wildman–Crippen LogP) is 5.07. The molecule has 0 atom stereocenters. The van der Waals surface area contributed by atoms with Crippen molar-refractivity contribution < 1.29 is 9.53 Å². The Labute approximate surface area is 146 Å². The molecule has 1 aromatic rings. The second kappa shape index (κ2) is 8.36. The van der Waals surface area contributed by atoms with Crippen LogP contribution >= 0.6 is 0 Å². The number of allylic oxidation sites excluding steroid dienone is 1. The van der Waals surface area contributed by atoms with Gasteiger partial charge in [-0.2, -0.15) is 0 Å². The van der Waals surface area contributed by atoms with Crippen LogP contribution in [0.1, 0.15) is 58.9 Å². The SMILES string of the molecule is CCOC(=O)/C=C/C1CCC(Nc2ccc(C(C)(C)C)cc2)CC1. The predicted molar refractivity (Wildman–Crippen MR) is 100 cm³/mol. The largest absolute Gasteiger partial charge is 0.463 e. The molecule has 3 nitrogen and oxygen atoms in total. The van der Waals surface area contributed by atoms with Crippen LogP contribution in [0.4, 0.5) is 5.69 Å². The summed E-state index contributed by atoms with van der Waals surface area (Å²) in [4.78, 5) is 11.4. The molecule has 132 valence electrons. The molecule has 0 bridgehead atoms. The molecule has 1 fully saturated rings. The third-order valence-corrected chi connectivity index (χ3v) is 4.68. The van der Waals surface area contributed by atoms with Crippen molar-refractivity contribution in [1.82, 2.24) is 0 Å². The molecular formula is C21H31NO2.